The van der Waals surface area contributed by atoms with Crippen molar-refractivity contribution in [1.29, 1.82) is 0 Å². The van der Waals surface area contributed by atoms with Crippen molar-refractivity contribution in [3.8, 4) is 11.5 Å². The van der Waals surface area contributed by atoms with E-state index in [-0.39, 0.29) is 11.9 Å². The molecule has 27 heavy (non-hydrogen) atoms. The lowest BCUT2D eigenvalue weighted by molar-refractivity contribution is -0.123. The van der Waals surface area contributed by atoms with Crippen LogP contribution in [0, 0.1) is 0 Å². The second kappa shape index (κ2) is 11.7. The largest absolute Gasteiger partial charge is 0.490 e. The third-order valence-corrected chi connectivity index (χ3v) is 4.34. The van der Waals surface area contributed by atoms with E-state index in [1.54, 1.807) is 13.0 Å². The summed E-state index contributed by atoms with van der Waals surface area (Å²) in [5, 5.41) is 5.83. The fourth-order valence-electron chi connectivity index (χ4n) is 2.24. The average molecular weight is 399 g/mol. The maximum Gasteiger partial charge on any atom is 0.252 e. The Morgan fingerprint density at radius 2 is 1.81 bits per heavy atom. The molecule has 0 aromatic heterocycles. The van der Waals surface area contributed by atoms with E-state index in [2.05, 4.69) is 17.6 Å². The monoisotopic (exact) mass is 398 g/mol. The smallest absolute Gasteiger partial charge is 0.252 e. The van der Waals surface area contributed by atoms with E-state index in [9.17, 15) is 9.59 Å². The maximum absolute atomic E-state index is 12.5. The molecule has 0 saturated heterocycles. The summed E-state index contributed by atoms with van der Waals surface area (Å²) in [4.78, 5) is 24.7. The zero-order chi connectivity index (χ0) is 20.4. The summed E-state index contributed by atoms with van der Waals surface area (Å²) in [6.45, 7) is 10.4. The number of nitrogens with one attached hydrogen (secondary N) is 2. The first kappa shape index (κ1) is 23.1. The van der Waals surface area contributed by atoms with Gasteiger partial charge in [-0.15, -0.1) is 0 Å². The molecular weight excluding hydrogens is 368 g/mol. The van der Waals surface area contributed by atoms with Gasteiger partial charge in [-0.1, -0.05) is 31.9 Å². The first-order chi connectivity index (χ1) is 12.8. The molecule has 0 fully saturated rings. The van der Waals surface area contributed by atoms with Crippen molar-refractivity contribution in [1.82, 2.24) is 10.6 Å². The number of carbonyl (C=O) groups is 2. The van der Waals surface area contributed by atoms with Crippen molar-refractivity contribution in [3.05, 3.63) is 22.7 Å². The number of ether oxygens (including phenoxy) is 2. The molecule has 2 atom stereocenters. The highest BCUT2D eigenvalue weighted by atomic mass is 35.5. The van der Waals surface area contributed by atoms with Crippen LogP contribution in [0.2, 0.25) is 5.02 Å². The lowest BCUT2D eigenvalue weighted by Crippen LogP contribution is -2.47. The molecule has 0 heterocycles. The molecule has 2 N–H and O–H groups in total. The summed E-state index contributed by atoms with van der Waals surface area (Å²) < 4.78 is 11.3. The molecule has 7 heteroatoms. The molecule has 6 nitrogen and oxygen atoms in total. The quantitative estimate of drug-likeness (QED) is 0.553. The van der Waals surface area contributed by atoms with E-state index < -0.39 is 11.9 Å². The predicted octanol–water partition coefficient (Wildman–Crippen LogP) is 3.95. The SMILES string of the molecule is CCCCOc1c(Cl)cc(C(=O)NC(C)C(=O)NC(C)CC)cc1OCC. The van der Waals surface area contributed by atoms with Gasteiger partial charge in [0.15, 0.2) is 11.5 Å². The standard InChI is InChI=1S/C20H31ClN2O4/c1-6-9-10-27-18-16(21)11-15(12-17(18)26-8-3)20(25)23-14(5)19(24)22-13(4)7-2/h11-14H,6-10H2,1-5H3,(H,22,24)(H,23,25). The molecule has 2 unspecified atom stereocenters. The second-order valence-corrected chi connectivity index (χ2v) is 6.84. The molecule has 0 bridgehead atoms. The third-order valence-electron chi connectivity index (χ3n) is 4.06. The maximum atomic E-state index is 12.5. The van der Waals surface area contributed by atoms with E-state index in [4.69, 9.17) is 21.1 Å². The normalized spacial score (nSPS) is 12.8. The Labute approximate surface area is 166 Å². The van der Waals surface area contributed by atoms with Crippen molar-refractivity contribution in [2.24, 2.45) is 0 Å². The van der Waals surface area contributed by atoms with Crippen LogP contribution in [-0.4, -0.2) is 37.1 Å². The van der Waals surface area contributed by atoms with Gasteiger partial charge in [0.2, 0.25) is 5.91 Å². The molecule has 0 radical (unpaired) electrons. The highest BCUT2D eigenvalue weighted by Gasteiger charge is 2.20. The number of carbonyl (C=O) groups excluding carboxylic acids is 2. The van der Waals surface area contributed by atoms with Crippen molar-refractivity contribution in [3.63, 3.8) is 0 Å². The third kappa shape index (κ3) is 7.29. The minimum atomic E-state index is -0.665. The van der Waals surface area contributed by atoms with Crippen LogP contribution in [0.15, 0.2) is 12.1 Å². The minimum Gasteiger partial charge on any atom is -0.490 e. The summed E-state index contributed by atoms with van der Waals surface area (Å²) in [6.07, 6.45) is 2.71. The number of rotatable bonds is 11. The highest BCUT2D eigenvalue weighted by molar-refractivity contribution is 6.32. The van der Waals surface area contributed by atoms with E-state index >= 15 is 0 Å². The summed E-state index contributed by atoms with van der Waals surface area (Å²) in [6, 6.07) is 2.50. The molecule has 0 aliphatic carbocycles. The second-order valence-electron chi connectivity index (χ2n) is 6.43. The van der Waals surface area contributed by atoms with Gasteiger partial charge in [-0.3, -0.25) is 9.59 Å². The Balaban J connectivity index is 2.91. The van der Waals surface area contributed by atoms with Gasteiger partial charge in [0.1, 0.15) is 6.04 Å². The Morgan fingerprint density at radius 1 is 1.11 bits per heavy atom. The van der Waals surface area contributed by atoms with E-state index in [0.29, 0.717) is 35.3 Å². The van der Waals surface area contributed by atoms with Crippen LogP contribution in [-0.2, 0) is 4.79 Å². The van der Waals surface area contributed by atoms with Gasteiger partial charge in [-0.2, -0.15) is 0 Å². The number of unbranched alkanes of at least 4 members (excludes halogenated alkanes) is 1. The molecule has 0 spiro atoms. The fraction of sp³-hybridized carbons (Fsp3) is 0.600. The van der Waals surface area contributed by atoms with Gasteiger partial charge >= 0.3 is 0 Å². The molecule has 0 aliphatic rings. The number of hydrogen-bond donors (Lipinski definition) is 2. The molecule has 2 amide bonds. The molecule has 152 valence electrons. The summed E-state index contributed by atoms with van der Waals surface area (Å²) in [5.74, 6) is 0.229. The van der Waals surface area contributed by atoms with Crippen LogP contribution in [0.5, 0.6) is 11.5 Å². The van der Waals surface area contributed by atoms with Crippen LogP contribution in [0.3, 0.4) is 0 Å². The Bertz CT molecular complexity index is 637. The van der Waals surface area contributed by atoms with Crippen molar-refractivity contribution in [2.75, 3.05) is 13.2 Å². The Kier molecular flexibility index (Phi) is 10.0. The fourth-order valence-corrected chi connectivity index (χ4v) is 2.50. The number of halogens is 1. The number of hydrogen-bond acceptors (Lipinski definition) is 4. The van der Waals surface area contributed by atoms with Crippen molar-refractivity contribution >= 4 is 23.4 Å². The lowest BCUT2D eigenvalue weighted by Gasteiger charge is -2.18. The average Bonchev–Trinajstić information content (AvgIpc) is 2.63. The van der Waals surface area contributed by atoms with Gasteiger partial charge < -0.3 is 20.1 Å². The van der Waals surface area contributed by atoms with Gasteiger partial charge in [-0.25, -0.2) is 0 Å². The molecular formula is C20H31ClN2O4. The highest BCUT2D eigenvalue weighted by Crippen LogP contribution is 2.36. The minimum absolute atomic E-state index is 0.0513. The van der Waals surface area contributed by atoms with Gasteiger partial charge in [-0.05, 0) is 45.7 Å². The lowest BCUT2D eigenvalue weighted by atomic mass is 10.1. The molecule has 0 saturated carbocycles. The van der Waals surface area contributed by atoms with Crippen LogP contribution < -0.4 is 20.1 Å². The number of benzene rings is 1. The zero-order valence-corrected chi connectivity index (χ0v) is 17.6. The van der Waals surface area contributed by atoms with Crippen LogP contribution >= 0.6 is 11.6 Å². The van der Waals surface area contributed by atoms with E-state index in [1.165, 1.54) is 6.07 Å². The first-order valence-electron chi connectivity index (χ1n) is 9.54. The number of amides is 2. The molecule has 1 aromatic carbocycles. The molecule has 1 aromatic rings. The molecule has 1 rings (SSSR count). The van der Waals surface area contributed by atoms with Gasteiger partial charge in [0.05, 0.1) is 18.2 Å². The molecule has 0 aliphatic heterocycles. The Hall–Kier alpha value is -1.95. The summed E-state index contributed by atoms with van der Waals surface area (Å²) >= 11 is 6.32. The zero-order valence-electron chi connectivity index (χ0n) is 16.9. The summed E-state index contributed by atoms with van der Waals surface area (Å²) in [7, 11) is 0. The van der Waals surface area contributed by atoms with Gasteiger partial charge in [0, 0.05) is 11.6 Å². The predicted molar refractivity (Wildman–Crippen MR) is 108 cm³/mol. The van der Waals surface area contributed by atoms with Crippen molar-refractivity contribution < 1.29 is 19.1 Å². The summed E-state index contributed by atoms with van der Waals surface area (Å²) in [5.41, 5.74) is 0.314. The van der Waals surface area contributed by atoms with Crippen LogP contribution in [0.25, 0.3) is 0 Å². The van der Waals surface area contributed by atoms with E-state index in [0.717, 1.165) is 19.3 Å². The van der Waals surface area contributed by atoms with Gasteiger partial charge in [0.25, 0.3) is 5.91 Å². The van der Waals surface area contributed by atoms with Crippen LogP contribution in [0.1, 0.15) is 64.2 Å². The Morgan fingerprint density at radius 3 is 2.41 bits per heavy atom. The van der Waals surface area contributed by atoms with Crippen LogP contribution in [0.4, 0.5) is 0 Å². The first-order valence-corrected chi connectivity index (χ1v) is 9.92. The van der Waals surface area contributed by atoms with E-state index in [1.807, 2.05) is 20.8 Å². The topological polar surface area (TPSA) is 76.7 Å². The van der Waals surface area contributed by atoms with Crippen molar-refractivity contribution in [2.45, 2.75) is 66.0 Å².